The third kappa shape index (κ3) is 8.89. The van der Waals surface area contributed by atoms with Crippen LogP contribution in [0.2, 0.25) is 0 Å². The molecule has 4 heteroatoms. The molecule has 9 aromatic carbocycles. The summed E-state index contributed by atoms with van der Waals surface area (Å²) in [5.41, 5.74) is 26.1. The van der Waals surface area contributed by atoms with Crippen molar-refractivity contribution in [1.82, 2.24) is 15.0 Å². The lowest BCUT2D eigenvalue weighted by Crippen LogP contribution is -1.92. The van der Waals surface area contributed by atoms with Gasteiger partial charge in [-0.3, -0.25) is 15.0 Å². The molecule has 0 bridgehead atoms. The Labute approximate surface area is 437 Å². The number of rotatable bonds is 10. The predicted octanol–water partition coefficient (Wildman–Crippen LogP) is 19.1. The van der Waals surface area contributed by atoms with E-state index in [1.807, 2.05) is 36.8 Å². The number of aryl methyl sites for hydroxylation is 2. The smallest absolute Gasteiger partial charge is 0.136 e. The van der Waals surface area contributed by atoms with E-state index in [1.54, 1.807) is 0 Å². The maximum absolute atomic E-state index is 6.25. The second-order valence-electron chi connectivity index (χ2n) is 19.3. The number of nitrogens with zero attached hydrogens (tertiary/aromatic N) is 3. The SMILES string of the molecule is Cc1ccc(-c2ccc(-c3ccccc3-c3cc(-c4ccccc4-c4ccc(-c5cc(C)ccn5)cc4)cc(-c4ccccc4-c4ccc(-c5cc(-c6ccc7c(c6)oc6ccccc67)ccn5)cc4)c3)cc2)nc1. The fourth-order valence-corrected chi connectivity index (χ4v) is 10.5. The van der Waals surface area contributed by atoms with Crippen molar-refractivity contribution in [2.24, 2.45) is 0 Å². The Morgan fingerprint density at radius 2 is 0.667 bits per heavy atom. The minimum absolute atomic E-state index is 0.879. The zero-order valence-corrected chi connectivity index (χ0v) is 41.6. The fraction of sp³-hybridized carbons (Fsp3) is 0.0282. The topological polar surface area (TPSA) is 51.8 Å². The Hall–Kier alpha value is -9.77. The molecule has 75 heavy (non-hydrogen) atoms. The van der Waals surface area contributed by atoms with Gasteiger partial charge in [-0.15, -0.1) is 0 Å². The van der Waals surface area contributed by atoms with Crippen LogP contribution in [-0.2, 0) is 0 Å². The summed E-state index contributed by atoms with van der Waals surface area (Å²) in [6, 6.07) is 87.1. The molecule has 0 radical (unpaired) electrons. The third-order valence-corrected chi connectivity index (χ3v) is 14.4. The fourth-order valence-electron chi connectivity index (χ4n) is 10.5. The van der Waals surface area contributed by atoms with Gasteiger partial charge in [-0.1, -0.05) is 176 Å². The lowest BCUT2D eigenvalue weighted by molar-refractivity contribution is 0.669. The van der Waals surface area contributed by atoms with Crippen molar-refractivity contribution in [2.45, 2.75) is 13.8 Å². The first-order chi connectivity index (χ1) is 37.0. The molecule has 0 saturated carbocycles. The largest absolute Gasteiger partial charge is 0.456 e. The van der Waals surface area contributed by atoms with Crippen LogP contribution in [0.1, 0.15) is 11.1 Å². The number of pyridine rings is 3. The van der Waals surface area contributed by atoms with E-state index in [2.05, 4.69) is 243 Å². The van der Waals surface area contributed by atoms with Crippen LogP contribution in [0.4, 0.5) is 0 Å². The molecule has 0 fully saturated rings. The summed E-state index contributed by atoms with van der Waals surface area (Å²) in [5.74, 6) is 0. The van der Waals surface area contributed by atoms with E-state index in [-0.39, 0.29) is 0 Å². The van der Waals surface area contributed by atoms with Crippen LogP contribution < -0.4 is 0 Å². The lowest BCUT2D eigenvalue weighted by atomic mass is 9.86. The van der Waals surface area contributed by atoms with Crippen LogP contribution in [0, 0.1) is 13.8 Å². The Balaban J connectivity index is 0.893. The van der Waals surface area contributed by atoms with Gasteiger partial charge in [0.25, 0.3) is 0 Å². The Bertz CT molecular complexity index is 4230. The number of para-hydroxylation sites is 1. The molecule has 4 nitrogen and oxygen atoms in total. The van der Waals surface area contributed by atoms with E-state index in [1.165, 1.54) is 5.56 Å². The van der Waals surface area contributed by atoms with Crippen molar-refractivity contribution in [3.63, 3.8) is 0 Å². The molecule has 0 N–H and O–H groups in total. The van der Waals surface area contributed by atoms with Gasteiger partial charge in [-0.25, -0.2) is 0 Å². The summed E-state index contributed by atoms with van der Waals surface area (Å²) in [5, 5.41) is 2.25. The van der Waals surface area contributed by atoms with Crippen LogP contribution in [0.3, 0.4) is 0 Å². The van der Waals surface area contributed by atoms with Gasteiger partial charge in [-0.05, 0) is 170 Å². The van der Waals surface area contributed by atoms with Crippen molar-refractivity contribution < 1.29 is 4.42 Å². The van der Waals surface area contributed by atoms with Crippen molar-refractivity contribution in [2.75, 3.05) is 0 Å². The second-order valence-corrected chi connectivity index (χ2v) is 19.3. The summed E-state index contributed by atoms with van der Waals surface area (Å²) in [6.07, 6.45) is 5.70. The van der Waals surface area contributed by atoms with E-state index in [9.17, 15) is 0 Å². The van der Waals surface area contributed by atoms with Gasteiger partial charge in [-0.2, -0.15) is 0 Å². The first-order valence-corrected chi connectivity index (χ1v) is 25.4. The van der Waals surface area contributed by atoms with E-state index in [0.717, 1.165) is 139 Å². The molecule has 0 amide bonds. The van der Waals surface area contributed by atoms with Crippen LogP contribution in [0.15, 0.2) is 266 Å². The standard InChI is InChI=1S/C71H49N3O/c1-46-35-37-72-68(39-46)52-28-22-49(23-29-52)60-12-4-7-15-63(60)57-40-56(62-14-6-3-11-59(62)48-20-26-51(27-21-48)67-34-19-47(2)45-74-67)41-58(42-57)64-16-8-5-13-61(64)50-24-30-53(31-25-50)69-43-55(36-38-73-69)54-32-33-66-65-17-9-10-18-70(65)75-71(66)44-54/h3-45H,1-2H3. The molecule has 0 aliphatic carbocycles. The van der Waals surface area contributed by atoms with Gasteiger partial charge in [0.1, 0.15) is 11.2 Å². The zero-order valence-electron chi connectivity index (χ0n) is 41.6. The predicted molar refractivity (Wildman–Crippen MR) is 311 cm³/mol. The van der Waals surface area contributed by atoms with Crippen molar-refractivity contribution in [3.8, 4) is 112 Å². The second kappa shape index (κ2) is 19.3. The Morgan fingerprint density at radius 1 is 0.253 bits per heavy atom. The third-order valence-electron chi connectivity index (χ3n) is 14.4. The highest BCUT2D eigenvalue weighted by atomic mass is 16.3. The molecule has 13 aromatic rings. The number of furan rings is 1. The summed E-state index contributed by atoms with van der Waals surface area (Å²) in [7, 11) is 0. The van der Waals surface area contributed by atoms with E-state index in [0.29, 0.717) is 0 Å². The van der Waals surface area contributed by atoms with Gasteiger partial charge >= 0.3 is 0 Å². The van der Waals surface area contributed by atoms with Crippen molar-refractivity contribution >= 4 is 21.9 Å². The summed E-state index contributed by atoms with van der Waals surface area (Å²) in [4.78, 5) is 14.2. The minimum atomic E-state index is 0.879. The summed E-state index contributed by atoms with van der Waals surface area (Å²) >= 11 is 0. The Kier molecular flexibility index (Phi) is 11.6. The molecule has 0 saturated heterocycles. The number of benzene rings is 9. The number of hydrogen-bond acceptors (Lipinski definition) is 4. The van der Waals surface area contributed by atoms with Crippen LogP contribution in [0.5, 0.6) is 0 Å². The molecule has 0 aliphatic heterocycles. The molecule has 0 aliphatic rings. The van der Waals surface area contributed by atoms with Crippen LogP contribution >= 0.6 is 0 Å². The van der Waals surface area contributed by atoms with Crippen LogP contribution in [0.25, 0.3) is 134 Å². The van der Waals surface area contributed by atoms with E-state index < -0.39 is 0 Å². The average molecular weight is 960 g/mol. The first kappa shape index (κ1) is 45.1. The molecule has 354 valence electrons. The van der Waals surface area contributed by atoms with Gasteiger partial charge in [0.15, 0.2) is 0 Å². The number of aromatic nitrogens is 3. The van der Waals surface area contributed by atoms with E-state index in [4.69, 9.17) is 14.4 Å². The molecule has 0 atom stereocenters. The highest BCUT2D eigenvalue weighted by molar-refractivity contribution is 6.06. The molecule has 0 unspecified atom stereocenters. The molecule has 4 aromatic heterocycles. The zero-order chi connectivity index (χ0) is 50.2. The number of fused-ring (bicyclic) bond motifs is 3. The molecular formula is C71H49N3O. The monoisotopic (exact) mass is 959 g/mol. The maximum Gasteiger partial charge on any atom is 0.136 e. The highest BCUT2D eigenvalue weighted by Gasteiger charge is 2.18. The molecular weight excluding hydrogens is 911 g/mol. The average Bonchev–Trinajstić information content (AvgIpc) is 3.86. The maximum atomic E-state index is 6.25. The van der Waals surface area contributed by atoms with Gasteiger partial charge in [0.2, 0.25) is 0 Å². The molecule has 13 rings (SSSR count). The quantitative estimate of drug-likeness (QED) is 0.137. The normalized spacial score (nSPS) is 11.3. The van der Waals surface area contributed by atoms with E-state index >= 15 is 0 Å². The molecule has 0 spiro atoms. The van der Waals surface area contributed by atoms with Crippen molar-refractivity contribution in [1.29, 1.82) is 0 Å². The first-order valence-electron chi connectivity index (χ1n) is 25.4. The number of hydrogen-bond donors (Lipinski definition) is 0. The minimum Gasteiger partial charge on any atom is -0.456 e. The van der Waals surface area contributed by atoms with Crippen molar-refractivity contribution in [3.05, 3.63) is 272 Å². The molecule has 4 heterocycles. The van der Waals surface area contributed by atoms with Gasteiger partial charge in [0, 0.05) is 46.1 Å². The van der Waals surface area contributed by atoms with Gasteiger partial charge < -0.3 is 4.42 Å². The van der Waals surface area contributed by atoms with Crippen LogP contribution in [-0.4, -0.2) is 15.0 Å². The van der Waals surface area contributed by atoms with Gasteiger partial charge in [0.05, 0.1) is 17.1 Å². The lowest BCUT2D eigenvalue weighted by Gasteiger charge is -2.18. The summed E-state index contributed by atoms with van der Waals surface area (Å²) < 4.78 is 6.25. The Morgan fingerprint density at radius 3 is 1.17 bits per heavy atom. The highest BCUT2D eigenvalue weighted by Crippen LogP contribution is 2.43. The summed E-state index contributed by atoms with van der Waals surface area (Å²) in [6.45, 7) is 4.17.